The SMILES string of the molecule is O=[N+]([O-])c1cc(Nc2nc3ccccc3nc2NS(=O)(=O)c2ccc(Br)s2)ccc1Cl. The average Bonchev–Trinajstić information content (AvgIpc) is 3.17. The maximum Gasteiger partial charge on any atom is 0.289 e. The Morgan fingerprint density at radius 2 is 1.71 bits per heavy atom. The van der Waals surface area contributed by atoms with Crippen molar-refractivity contribution in [1.29, 1.82) is 0 Å². The number of nitrogens with one attached hydrogen (secondary N) is 2. The van der Waals surface area contributed by atoms with Crippen LogP contribution in [-0.4, -0.2) is 23.3 Å². The molecule has 4 rings (SSSR count). The van der Waals surface area contributed by atoms with Crippen molar-refractivity contribution in [3.63, 3.8) is 0 Å². The lowest BCUT2D eigenvalue weighted by Crippen LogP contribution is -2.15. The summed E-state index contributed by atoms with van der Waals surface area (Å²) in [4.78, 5) is 19.4. The second-order valence-corrected chi connectivity index (χ2v) is 10.9. The molecule has 0 atom stereocenters. The van der Waals surface area contributed by atoms with Gasteiger partial charge in [-0.25, -0.2) is 18.4 Å². The van der Waals surface area contributed by atoms with E-state index in [1.54, 1.807) is 30.3 Å². The van der Waals surface area contributed by atoms with Gasteiger partial charge in [-0.2, -0.15) is 0 Å². The molecular formula is C18H11BrClN5O4S2. The first kappa shape index (κ1) is 21.4. The highest BCUT2D eigenvalue weighted by Gasteiger charge is 2.21. The Hall–Kier alpha value is -2.80. The molecular weight excluding hydrogens is 530 g/mol. The molecule has 0 aliphatic heterocycles. The molecule has 4 aromatic rings. The predicted molar refractivity (Wildman–Crippen MR) is 124 cm³/mol. The molecule has 9 nitrogen and oxygen atoms in total. The standard InChI is InChI=1S/C18H11BrClN5O4S2/c19-15-7-8-16(30-15)31(28,29)24-18-17(22-12-3-1-2-4-13(12)23-18)21-10-5-6-11(20)14(9-10)25(26)27/h1-9H,(H,21,22)(H,23,24). The summed E-state index contributed by atoms with van der Waals surface area (Å²) in [7, 11) is -3.94. The summed E-state index contributed by atoms with van der Waals surface area (Å²) < 4.78 is 28.8. The number of nitro benzene ring substituents is 1. The number of halogens is 2. The van der Waals surface area contributed by atoms with Gasteiger partial charge in [0.05, 0.1) is 19.7 Å². The van der Waals surface area contributed by atoms with Gasteiger partial charge >= 0.3 is 0 Å². The van der Waals surface area contributed by atoms with Crippen LogP contribution in [0.4, 0.5) is 23.0 Å². The molecule has 0 saturated carbocycles. The summed E-state index contributed by atoms with van der Waals surface area (Å²) in [6.45, 7) is 0. The summed E-state index contributed by atoms with van der Waals surface area (Å²) in [5, 5.41) is 14.1. The number of nitrogens with zero attached hydrogens (tertiary/aromatic N) is 3. The zero-order chi connectivity index (χ0) is 22.2. The van der Waals surface area contributed by atoms with Gasteiger partial charge in [0.15, 0.2) is 11.6 Å². The van der Waals surface area contributed by atoms with Gasteiger partial charge < -0.3 is 5.32 Å². The van der Waals surface area contributed by atoms with Gasteiger partial charge in [-0.05, 0) is 52.3 Å². The van der Waals surface area contributed by atoms with Crippen LogP contribution in [0.15, 0.2) is 62.6 Å². The Labute approximate surface area is 193 Å². The van der Waals surface area contributed by atoms with E-state index < -0.39 is 14.9 Å². The Bertz CT molecular complexity index is 1430. The van der Waals surface area contributed by atoms with E-state index in [4.69, 9.17) is 11.6 Å². The van der Waals surface area contributed by atoms with Crippen LogP contribution in [0.25, 0.3) is 11.0 Å². The Morgan fingerprint density at radius 3 is 2.32 bits per heavy atom. The van der Waals surface area contributed by atoms with Crippen LogP contribution in [0.1, 0.15) is 0 Å². The molecule has 2 N–H and O–H groups in total. The van der Waals surface area contributed by atoms with Gasteiger partial charge in [0.25, 0.3) is 15.7 Å². The molecule has 0 amide bonds. The highest BCUT2D eigenvalue weighted by atomic mass is 79.9. The predicted octanol–water partition coefficient (Wildman–Crippen LogP) is 5.56. The molecule has 2 aromatic carbocycles. The van der Waals surface area contributed by atoms with E-state index in [1.807, 2.05) is 0 Å². The lowest BCUT2D eigenvalue weighted by molar-refractivity contribution is -0.384. The number of benzene rings is 2. The number of thiophene rings is 1. The molecule has 0 unspecified atom stereocenters. The van der Waals surface area contributed by atoms with Crippen molar-refractivity contribution < 1.29 is 13.3 Å². The van der Waals surface area contributed by atoms with Crippen LogP contribution in [0.3, 0.4) is 0 Å². The van der Waals surface area contributed by atoms with Crippen LogP contribution < -0.4 is 10.0 Å². The van der Waals surface area contributed by atoms with Gasteiger partial charge in [-0.3, -0.25) is 14.8 Å². The largest absolute Gasteiger partial charge is 0.337 e. The van der Waals surface area contributed by atoms with E-state index >= 15 is 0 Å². The molecule has 2 aromatic heterocycles. The fourth-order valence-electron chi connectivity index (χ4n) is 2.65. The maximum absolute atomic E-state index is 12.8. The molecule has 31 heavy (non-hydrogen) atoms. The van der Waals surface area contributed by atoms with Crippen molar-refractivity contribution in [2.45, 2.75) is 4.21 Å². The summed E-state index contributed by atoms with van der Waals surface area (Å²) in [6.07, 6.45) is 0. The van der Waals surface area contributed by atoms with Gasteiger partial charge in [0, 0.05) is 11.8 Å². The van der Waals surface area contributed by atoms with E-state index in [-0.39, 0.29) is 26.6 Å². The highest BCUT2D eigenvalue weighted by Crippen LogP contribution is 2.33. The van der Waals surface area contributed by atoms with E-state index in [9.17, 15) is 18.5 Å². The first-order valence-corrected chi connectivity index (χ1v) is 12.0. The molecule has 158 valence electrons. The van der Waals surface area contributed by atoms with E-state index in [0.29, 0.717) is 20.5 Å². The van der Waals surface area contributed by atoms with Gasteiger partial charge in [-0.1, -0.05) is 23.7 Å². The van der Waals surface area contributed by atoms with Crippen molar-refractivity contribution in [3.05, 3.63) is 73.5 Å². The third kappa shape index (κ3) is 4.61. The Kier molecular flexibility index (Phi) is 5.79. The van der Waals surface area contributed by atoms with E-state index in [1.165, 1.54) is 24.3 Å². The van der Waals surface area contributed by atoms with Crippen molar-refractivity contribution in [1.82, 2.24) is 9.97 Å². The third-order valence-corrected chi connectivity index (χ3v) is 7.79. The minimum absolute atomic E-state index is 0.0238. The summed E-state index contributed by atoms with van der Waals surface area (Å²) >= 11 is 10.2. The van der Waals surface area contributed by atoms with Crippen LogP contribution >= 0.6 is 38.9 Å². The minimum atomic E-state index is -3.94. The number of aromatic nitrogens is 2. The third-order valence-electron chi connectivity index (χ3n) is 4.02. The maximum atomic E-state index is 12.8. The Morgan fingerprint density at radius 1 is 1.03 bits per heavy atom. The van der Waals surface area contributed by atoms with Gasteiger partial charge in [0.1, 0.15) is 9.23 Å². The molecule has 0 radical (unpaired) electrons. The first-order valence-electron chi connectivity index (χ1n) is 8.49. The fourth-order valence-corrected chi connectivity index (χ4v) is 5.85. The lowest BCUT2D eigenvalue weighted by Gasteiger charge is -2.13. The zero-order valence-electron chi connectivity index (χ0n) is 15.2. The number of anilines is 3. The first-order chi connectivity index (χ1) is 14.7. The molecule has 0 saturated heterocycles. The summed E-state index contributed by atoms with van der Waals surface area (Å²) in [5.41, 5.74) is 0.974. The molecule has 0 bridgehead atoms. The van der Waals surface area contributed by atoms with E-state index in [2.05, 4.69) is 35.9 Å². The van der Waals surface area contributed by atoms with Crippen molar-refractivity contribution >= 4 is 82.9 Å². The van der Waals surface area contributed by atoms with Crippen LogP contribution in [0, 0.1) is 10.1 Å². The highest BCUT2D eigenvalue weighted by molar-refractivity contribution is 9.11. The quantitative estimate of drug-likeness (QED) is 0.242. The smallest absolute Gasteiger partial charge is 0.289 e. The lowest BCUT2D eigenvalue weighted by atomic mass is 10.2. The second-order valence-electron chi connectivity index (χ2n) is 6.12. The van der Waals surface area contributed by atoms with Crippen LogP contribution in [0.5, 0.6) is 0 Å². The Balaban J connectivity index is 1.79. The van der Waals surface area contributed by atoms with Gasteiger partial charge in [-0.15, -0.1) is 11.3 Å². The molecule has 13 heteroatoms. The summed E-state index contributed by atoms with van der Waals surface area (Å²) in [6, 6.07) is 14.1. The molecule has 0 spiro atoms. The molecule has 2 heterocycles. The minimum Gasteiger partial charge on any atom is -0.337 e. The van der Waals surface area contributed by atoms with Crippen molar-refractivity contribution in [3.8, 4) is 0 Å². The molecule has 0 aliphatic carbocycles. The zero-order valence-corrected chi connectivity index (χ0v) is 19.2. The second kappa shape index (κ2) is 8.38. The monoisotopic (exact) mass is 539 g/mol. The van der Waals surface area contributed by atoms with E-state index in [0.717, 1.165) is 11.3 Å². The van der Waals surface area contributed by atoms with Crippen molar-refractivity contribution in [2.24, 2.45) is 0 Å². The van der Waals surface area contributed by atoms with Crippen LogP contribution in [0.2, 0.25) is 5.02 Å². The number of para-hydroxylation sites is 2. The molecule has 0 aliphatic rings. The van der Waals surface area contributed by atoms with Gasteiger partial charge in [0.2, 0.25) is 0 Å². The summed E-state index contributed by atoms with van der Waals surface area (Å²) in [5.74, 6) is 0.0235. The fraction of sp³-hybridized carbons (Fsp3) is 0. The number of sulfonamides is 1. The molecule has 0 fully saturated rings. The number of hydrogen-bond donors (Lipinski definition) is 2. The number of hydrogen-bond acceptors (Lipinski definition) is 8. The number of nitro groups is 1. The number of rotatable bonds is 6. The average molecular weight is 541 g/mol. The number of fused-ring (bicyclic) bond motifs is 1. The normalized spacial score (nSPS) is 11.4. The van der Waals surface area contributed by atoms with Crippen LogP contribution in [-0.2, 0) is 10.0 Å². The van der Waals surface area contributed by atoms with Crippen molar-refractivity contribution in [2.75, 3.05) is 10.0 Å². The topological polar surface area (TPSA) is 127 Å².